The van der Waals surface area contributed by atoms with Crippen LogP contribution in [-0.4, -0.2) is 25.1 Å². The zero-order valence-electron chi connectivity index (χ0n) is 13.9. The van der Waals surface area contributed by atoms with E-state index in [9.17, 15) is 4.79 Å². The summed E-state index contributed by atoms with van der Waals surface area (Å²) in [5.41, 5.74) is 3.50. The average Bonchev–Trinajstić information content (AvgIpc) is 2.38. The zero-order chi connectivity index (χ0) is 15.8. The Balaban J connectivity index is 2.57. The van der Waals surface area contributed by atoms with Crippen LogP contribution < -0.4 is 15.4 Å². The van der Waals surface area contributed by atoms with Gasteiger partial charge in [-0.3, -0.25) is 4.79 Å². The van der Waals surface area contributed by atoms with E-state index in [1.807, 2.05) is 27.7 Å². The fraction of sp³-hybridized carbons (Fsp3) is 0.588. The number of aryl methyl sites for hydroxylation is 2. The molecule has 0 saturated carbocycles. The predicted molar refractivity (Wildman–Crippen MR) is 86.7 cm³/mol. The fourth-order valence-corrected chi connectivity index (χ4v) is 2.28. The summed E-state index contributed by atoms with van der Waals surface area (Å²) in [7, 11) is 0. The van der Waals surface area contributed by atoms with Gasteiger partial charge in [-0.05, 0) is 50.9 Å². The van der Waals surface area contributed by atoms with Crippen molar-refractivity contribution in [1.82, 2.24) is 10.6 Å². The molecule has 1 rings (SSSR count). The molecule has 1 aromatic carbocycles. The molecule has 0 bridgehead atoms. The van der Waals surface area contributed by atoms with Gasteiger partial charge >= 0.3 is 0 Å². The van der Waals surface area contributed by atoms with Crippen LogP contribution in [0.2, 0.25) is 0 Å². The molecule has 0 saturated heterocycles. The van der Waals surface area contributed by atoms with Gasteiger partial charge in [-0.25, -0.2) is 0 Å². The van der Waals surface area contributed by atoms with Crippen LogP contribution in [0.1, 0.15) is 43.9 Å². The third-order valence-corrected chi connectivity index (χ3v) is 3.12. The number of amides is 1. The van der Waals surface area contributed by atoms with Crippen molar-refractivity contribution in [2.24, 2.45) is 0 Å². The second-order valence-corrected chi connectivity index (χ2v) is 5.66. The molecular weight excluding hydrogens is 264 g/mol. The number of ether oxygens (including phenoxy) is 1. The number of carbonyl (C=O) groups excluding carboxylic acids is 1. The Labute approximate surface area is 128 Å². The quantitative estimate of drug-likeness (QED) is 0.774. The van der Waals surface area contributed by atoms with E-state index in [1.54, 1.807) is 0 Å². The first-order valence-electron chi connectivity index (χ1n) is 7.67. The molecule has 0 fully saturated rings. The minimum Gasteiger partial charge on any atom is -0.493 e. The highest BCUT2D eigenvalue weighted by molar-refractivity contribution is 5.76. The number of benzene rings is 1. The molecule has 2 N–H and O–H groups in total. The second kappa shape index (κ2) is 8.67. The van der Waals surface area contributed by atoms with Crippen molar-refractivity contribution in [2.45, 2.75) is 53.6 Å². The summed E-state index contributed by atoms with van der Waals surface area (Å²) < 4.78 is 5.80. The van der Waals surface area contributed by atoms with Crippen LogP contribution in [0.25, 0.3) is 0 Å². The molecule has 0 aliphatic rings. The van der Waals surface area contributed by atoms with Crippen molar-refractivity contribution in [2.75, 3.05) is 13.2 Å². The number of rotatable bonds is 8. The van der Waals surface area contributed by atoms with Crippen molar-refractivity contribution < 1.29 is 9.53 Å². The number of hydrogen-bond acceptors (Lipinski definition) is 3. The summed E-state index contributed by atoms with van der Waals surface area (Å²) in [6, 6.07) is 4.45. The maximum Gasteiger partial charge on any atom is 0.223 e. The van der Waals surface area contributed by atoms with E-state index in [0.717, 1.165) is 30.0 Å². The van der Waals surface area contributed by atoms with Gasteiger partial charge in [0, 0.05) is 12.6 Å². The van der Waals surface area contributed by atoms with E-state index in [2.05, 4.69) is 29.7 Å². The van der Waals surface area contributed by atoms with Gasteiger partial charge in [0.15, 0.2) is 0 Å². The largest absolute Gasteiger partial charge is 0.493 e. The van der Waals surface area contributed by atoms with Crippen LogP contribution in [0.15, 0.2) is 12.1 Å². The van der Waals surface area contributed by atoms with Gasteiger partial charge in [0.25, 0.3) is 0 Å². The normalized spacial score (nSPS) is 10.8. The van der Waals surface area contributed by atoms with Crippen LogP contribution in [0, 0.1) is 13.8 Å². The highest BCUT2D eigenvalue weighted by Crippen LogP contribution is 2.25. The molecular formula is C17H28N2O2. The number of carbonyl (C=O) groups is 1. The summed E-state index contributed by atoms with van der Waals surface area (Å²) in [5, 5.41) is 6.18. The highest BCUT2D eigenvalue weighted by atomic mass is 16.5. The van der Waals surface area contributed by atoms with Crippen LogP contribution in [0.4, 0.5) is 0 Å². The molecule has 21 heavy (non-hydrogen) atoms. The second-order valence-electron chi connectivity index (χ2n) is 5.66. The summed E-state index contributed by atoms with van der Waals surface area (Å²) >= 11 is 0. The summed E-state index contributed by atoms with van der Waals surface area (Å²) in [6.07, 6.45) is 0.385. The topological polar surface area (TPSA) is 50.4 Å². The zero-order valence-corrected chi connectivity index (χ0v) is 13.9. The Morgan fingerprint density at radius 3 is 2.38 bits per heavy atom. The molecule has 1 amide bonds. The van der Waals surface area contributed by atoms with E-state index >= 15 is 0 Å². The van der Waals surface area contributed by atoms with Gasteiger partial charge in [0.2, 0.25) is 5.91 Å². The maximum absolute atomic E-state index is 11.6. The van der Waals surface area contributed by atoms with Gasteiger partial charge in [0.1, 0.15) is 5.75 Å². The number of nitrogens with one attached hydrogen (secondary N) is 2. The van der Waals surface area contributed by atoms with Crippen LogP contribution >= 0.6 is 0 Å². The van der Waals surface area contributed by atoms with Crippen molar-refractivity contribution in [3.8, 4) is 5.75 Å². The summed E-state index contributed by atoms with van der Waals surface area (Å²) in [5.74, 6) is 0.927. The van der Waals surface area contributed by atoms with E-state index < -0.39 is 0 Å². The van der Waals surface area contributed by atoms with E-state index in [0.29, 0.717) is 13.0 Å². The predicted octanol–water partition coefficient (Wildman–Crippen LogP) is 2.71. The Morgan fingerprint density at radius 2 is 1.86 bits per heavy atom. The van der Waals surface area contributed by atoms with E-state index in [-0.39, 0.29) is 11.9 Å². The lowest BCUT2D eigenvalue weighted by molar-refractivity contribution is -0.122. The van der Waals surface area contributed by atoms with Crippen LogP contribution in [0.3, 0.4) is 0 Å². The molecule has 0 unspecified atom stereocenters. The first kappa shape index (κ1) is 17.5. The SMILES string of the molecule is CCNCc1cc(C)c(OCCC(=O)NC(C)C)c(C)c1. The summed E-state index contributed by atoms with van der Waals surface area (Å²) in [6.45, 7) is 12.3. The standard InChI is InChI=1S/C17H28N2O2/c1-6-18-11-15-9-13(4)17(14(5)10-15)21-8-7-16(20)19-12(2)3/h9-10,12,18H,6-8,11H2,1-5H3,(H,19,20). The maximum atomic E-state index is 11.6. The minimum absolute atomic E-state index is 0.0315. The van der Waals surface area contributed by atoms with E-state index in [1.165, 1.54) is 5.56 Å². The Hall–Kier alpha value is -1.55. The molecule has 0 heterocycles. The lowest BCUT2D eigenvalue weighted by Crippen LogP contribution is -2.31. The first-order chi connectivity index (χ1) is 9.93. The Kier molecular flexibility index (Phi) is 7.23. The van der Waals surface area contributed by atoms with Crippen molar-refractivity contribution >= 4 is 5.91 Å². The van der Waals surface area contributed by atoms with Gasteiger partial charge in [-0.1, -0.05) is 19.1 Å². The third-order valence-electron chi connectivity index (χ3n) is 3.12. The average molecular weight is 292 g/mol. The van der Waals surface area contributed by atoms with Crippen molar-refractivity contribution in [3.05, 3.63) is 28.8 Å². The Morgan fingerprint density at radius 1 is 1.24 bits per heavy atom. The first-order valence-corrected chi connectivity index (χ1v) is 7.67. The van der Waals surface area contributed by atoms with Gasteiger partial charge in [-0.15, -0.1) is 0 Å². The molecule has 4 heteroatoms. The monoisotopic (exact) mass is 292 g/mol. The van der Waals surface area contributed by atoms with Gasteiger partial charge in [-0.2, -0.15) is 0 Å². The molecule has 0 atom stereocenters. The van der Waals surface area contributed by atoms with Gasteiger partial charge in [0.05, 0.1) is 13.0 Å². The molecule has 4 nitrogen and oxygen atoms in total. The fourth-order valence-electron chi connectivity index (χ4n) is 2.28. The molecule has 118 valence electrons. The molecule has 0 radical (unpaired) electrons. The molecule has 0 spiro atoms. The van der Waals surface area contributed by atoms with Crippen molar-refractivity contribution in [1.29, 1.82) is 0 Å². The van der Waals surface area contributed by atoms with Crippen LogP contribution in [-0.2, 0) is 11.3 Å². The highest BCUT2D eigenvalue weighted by Gasteiger charge is 2.08. The van der Waals surface area contributed by atoms with Gasteiger partial charge < -0.3 is 15.4 Å². The van der Waals surface area contributed by atoms with Crippen LogP contribution in [0.5, 0.6) is 5.75 Å². The lowest BCUT2D eigenvalue weighted by Gasteiger charge is -2.15. The molecule has 1 aromatic rings. The molecule has 0 aliphatic heterocycles. The van der Waals surface area contributed by atoms with E-state index in [4.69, 9.17) is 4.74 Å². The lowest BCUT2D eigenvalue weighted by atomic mass is 10.1. The smallest absolute Gasteiger partial charge is 0.223 e. The minimum atomic E-state index is 0.0315. The molecule has 0 aliphatic carbocycles. The molecule has 0 aromatic heterocycles. The number of hydrogen-bond donors (Lipinski definition) is 2. The van der Waals surface area contributed by atoms with Crippen molar-refractivity contribution in [3.63, 3.8) is 0 Å². The third kappa shape index (κ3) is 6.17. The Bertz CT molecular complexity index is 447. The summed E-state index contributed by atoms with van der Waals surface area (Å²) in [4.78, 5) is 11.6.